The Kier molecular flexibility index (Phi) is 9.77. The number of aromatic hydroxyl groups is 2. The number of ether oxygens (including phenoxy) is 1. The predicted molar refractivity (Wildman–Crippen MR) is 156 cm³/mol. The molecule has 0 saturated carbocycles. The van der Waals surface area contributed by atoms with Crippen molar-refractivity contribution in [1.82, 2.24) is 15.0 Å². The number of methoxy groups -OCH3 is 1. The molecule has 0 unspecified atom stereocenters. The van der Waals surface area contributed by atoms with Crippen molar-refractivity contribution >= 4 is 21.7 Å². The van der Waals surface area contributed by atoms with Gasteiger partial charge in [-0.25, -0.2) is 28.2 Å². The fourth-order valence-electron chi connectivity index (χ4n) is 3.46. The maximum Gasteiger partial charge on any atom is 0.337 e. The number of aromatic nitrogens is 3. The van der Waals surface area contributed by atoms with Gasteiger partial charge in [0.15, 0.2) is 23.2 Å². The van der Waals surface area contributed by atoms with Crippen LogP contribution in [0, 0.1) is 0 Å². The minimum atomic E-state index is -3.65. The summed E-state index contributed by atoms with van der Waals surface area (Å²) in [5, 5.41) is 29.5. The third-order valence-corrected chi connectivity index (χ3v) is 5.87. The number of allylic oxidation sites excluding steroid dienone is 3. The number of benzene rings is 3. The van der Waals surface area contributed by atoms with Gasteiger partial charge in [0.25, 0.3) is 0 Å². The highest BCUT2D eigenvalue weighted by atomic mass is 32.2. The molecule has 1 heterocycles. The molecule has 41 heavy (non-hydrogen) atoms. The molecule has 11 nitrogen and oxygen atoms in total. The van der Waals surface area contributed by atoms with Crippen LogP contribution >= 0.6 is 0 Å². The average molecular weight is 577 g/mol. The van der Waals surface area contributed by atoms with Gasteiger partial charge in [-0.3, -0.25) is 4.72 Å². The second-order valence-electron chi connectivity index (χ2n) is 8.51. The summed E-state index contributed by atoms with van der Waals surface area (Å²) >= 11 is 0. The lowest BCUT2D eigenvalue weighted by Crippen LogP contribution is -2.10. The van der Waals surface area contributed by atoms with Crippen molar-refractivity contribution in [3.63, 3.8) is 0 Å². The molecule has 0 aliphatic carbocycles. The number of hydrogen-bond acceptors (Lipinski definition) is 10. The van der Waals surface area contributed by atoms with Crippen LogP contribution in [0.2, 0.25) is 0 Å². The minimum Gasteiger partial charge on any atom is -0.513 e. The number of hydrogen-bond donors (Lipinski definition) is 4. The Morgan fingerprint density at radius 3 is 2.02 bits per heavy atom. The number of nitrogens with one attached hydrogen (secondary N) is 1. The summed E-state index contributed by atoms with van der Waals surface area (Å²) in [6, 6.07) is 17.3. The summed E-state index contributed by atoms with van der Waals surface area (Å²) in [4.78, 5) is 25.1. The third kappa shape index (κ3) is 8.13. The van der Waals surface area contributed by atoms with Crippen molar-refractivity contribution in [3.8, 4) is 45.7 Å². The molecular weight excluding hydrogens is 548 g/mol. The Hall–Kier alpha value is -5.23. The molecule has 3 aromatic carbocycles. The number of aliphatic hydroxyl groups excluding tert-OH is 1. The molecule has 0 saturated heterocycles. The zero-order chi connectivity index (χ0) is 30.2. The van der Waals surface area contributed by atoms with Crippen LogP contribution < -0.4 is 4.72 Å². The molecule has 0 aliphatic rings. The predicted octanol–water partition coefficient (Wildman–Crippen LogP) is 5.08. The molecule has 0 amide bonds. The van der Waals surface area contributed by atoms with E-state index in [-0.39, 0.29) is 40.2 Å². The lowest BCUT2D eigenvalue weighted by atomic mass is 10.1. The second kappa shape index (κ2) is 13.2. The van der Waals surface area contributed by atoms with E-state index in [1.54, 1.807) is 49.4 Å². The maximum atomic E-state index is 11.8. The van der Waals surface area contributed by atoms with E-state index in [1.165, 1.54) is 43.5 Å². The molecule has 0 fully saturated rings. The Labute approximate surface area is 237 Å². The zero-order valence-electron chi connectivity index (χ0n) is 22.4. The highest BCUT2D eigenvalue weighted by Gasteiger charge is 2.19. The number of esters is 1. The molecular formula is C29H28N4O7S. The van der Waals surface area contributed by atoms with Crippen molar-refractivity contribution in [2.45, 2.75) is 6.92 Å². The van der Waals surface area contributed by atoms with E-state index in [1.807, 2.05) is 0 Å². The first-order chi connectivity index (χ1) is 19.4. The summed E-state index contributed by atoms with van der Waals surface area (Å²) in [7, 11) is -2.37. The zero-order valence-corrected chi connectivity index (χ0v) is 23.3. The van der Waals surface area contributed by atoms with Crippen LogP contribution in [0.3, 0.4) is 0 Å². The van der Waals surface area contributed by atoms with Gasteiger partial charge in [0.1, 0.15) is 5.75 Å². The standard InChI is InChI=1S/C24H20N4O6S.C5H8O/c1-34-24(31)15-12-10-14(11-13-15)21-25-22(16-6-3-4-9-19(16)29)27-23(26-21)17-7-5-8-18(20(17)30)28-35(2,32)33;1-3-4-5(2)6/h3-13,28-30H,1-2H3;3-4,6H,1H2,2H3/b;5-4+. The molecule has 212 valence electrons. The van der Waals surface area contributed by atoms with E-state index in [0.717, 1.165) is 6.26 Å². The number of aliphatic hydroxyl groups is 1. The van der Waals surface area contributed by atoms with Crippen LogP contribution in [-0.4, -0.2) is 58.0 Å². The number of para-hydroxylation sites is 2. The average Bonchev–Trinajstić information content (AvgIpc) is 2.93. The van der Waals surface area contributed by atoms with Crippen molar-refractivity contribution in [1.29, 1.82) is 0 Å². The van der Waals surface area contributed by atoms with Gasteiger partial charge in [0.2, 0.25) is 10.0 Å². The van der Waals surface area contributed by atoms with Crippen molar-refractivity contribution in [2.75, 3.05) is 18.1 Å². The monoisotopic (exact) mass is 576 g/mol. The molecule has 0 radical (unpaired) electrons. The van der Waals surface area contributed by atoms with Crippen LogP contribution in [-0.2, 0) is 14.8 Å². The molecule has 0 aliphatic heterocycles. The Balaban J connectivity index is 0.000000696. The first-order valence-corrected chi connectivity index (χ1v) is 13.8. The van der Waals surface area contributed by atoms with Crippen LogP contribution in [0.1, 0.15) is 17.3 Å². The number of anilines is 1. The van der Waals surface area contributed by atoms with Crippen LogP contribution in [0.5, 0.6) is 11.5 Å². The fourth-order valence-corrected chi connectivity index (χ4v) is 4.02. The van der Waals surface area contributed by atoms with Crippen LogP contribution in [0.25, 0.3) is 34.2 Å². The number of phenols is 2. The van der Waals surface area contributed by atoms with E-state index in [2.05, 4.69) is 26.3 Å². The summed E-state index contributed by atoms with van der Waals surface area (Å²) < 4.78 is 30.4. The smallest absolute Gasteiger partial charge is 0.337 e. The normalized spacial score (nSPS) is 11.1. The lowest BCUT2D eigenvalue weighted by Gasteiger charge is -2.12. The van der Waals surface area contributed by atoms with Crippen molar-refractivity contribution in [3.05, 3.63) is 96.8 Å². The van der Waals surface area contributed by atoms with E-state index in [0.29, 0.717) is 22.4 Å². The topological polar surface area (TPSA) is 172 Å². The maximum absolute atomic E-state index is 11.8. The number of nitrogens with zero attached hydrogens (tertiary/aromatic N) is 3. The molecule has 1 aromatic heterocycles. The van der Waals surface area contributed by atoms with E-state index in [4.69, 9.17) is 9.84 Å². The third-order valence-electron chi connectivity index (χ3n) is 5.28. The number of carbonyl (C=O) groups is 1. The van der Waals surface area contributed by atoms with Gasteiger partial charge >= 0.3 is 5.97 Å². The number of phenolic OH excluding ortho intramolecular Hbond substituents is 2. The van der Waals surface area contributed by atoms with Gasteiger partial charge in [0.05, 0.1) is 41.5 Å². The van der Waals surface area contributed by atoms with Gasteiger partial charge in [-0.1, -0.05) is 43.0 Å². The van der Waals surface area contributed by atoms with Gasteiger partial charge in [-0.05, 0) is 49.4 Å². The molecule has 0 spiro atoms. The van der Waals surface area contributed by atoms with E-state index in [9.17, 15) is 23.4 Å². The van der Waals surface area contributed by atoms with E-state index < -0.39 is 16.0 Å². The molecule has 4 aromatic rings. The van der Waals surface area contributed by atoms with Gasteiger partial charge < -0.3 is 20.1 Å². The minimum absolute atomic E-state index is 0.0416. The Bertz CT molecular complexity index is 1700. The molecule has 4 N–H and O–H groups in total. The SMILES string of the molecule is C=C/C=C(\C)O.COC(=O)c1ccc(-c2nc(-c3ccccc3O)nc(-c3cccc(NS(C)(=O)=O)c3O)n2)cc1. The van der Waals surface area contributed by atoms with Gasteiger partial charge in [-0.15, -0.1) is 0 Å². The first kappa shape index (κ1) is 30.3. The molecule has 12 heteroatoms. The quantitative estimate of drug-likeness (QED) is 0.101. The summed E-state index contributed by atoms with van der Waals surface area (Å²) in [6.45, 7) is 4.96. The Morgan fingerprint density at radius 2 is 1.49 bits per heavy atom. The van der Waals surface area contributed by atoms with Crippen LogP contribution in [0.4, 0.5) is 5.69 Å². The first-order valence-electron chi connectivity index (χ1n) is 11.9. The largest absolute Gasteiger partial charge is 0.513 e. The lowest BCUT2D eigenvalue weighted by molar-refractivity contribution is 0.0600. The number of rotatable bonds is 7. The Morgan fingerprint density at radius 1 is 0.902 bits per heavy atom. The highest BCUT2D eigenvalue weighted by molar-refractivity contribution is 7.92. The second-order valence-corrected chi connectivity index (χ2v) is 10.3. The van der Waals surface area contributed by atoms with Crippen LogP contribution in [0.15, 0.2) is 91.2 Å². The van der Waals surface area contributed by atoms with Crippen molar-refractivity contribution < 1.29 is 33.3 Å². The molecule has 4 rings (SSSR count). The summed E-state index contributed by atoms with van der Waals surface area (Å²) in [5.74, 6) is -0.271. The molecule has 0 bridgehead atoms. The number of carbonyl (C=O) groups excluding carboxylic acids is 1. The van der Waals surface area contributed by atoms with E-state index >= 15 is 0 Å². The molecule has 0 atom stereocenters. The highest BCUT2D eigenvalue weighted by Crippen LogP contribution is 2.36. The summed E-state index contributed by atoms with van der Waals surface area (Å²) in [5.41, 5.74) is 1.30. The number of sulfonamides is 1. The van der Waals surface area contributed by atoms with Crippen molar-refractivity contribution in [2.24, 2.45) is 0 Å². The van der Waals surface area contributed by atoms with Gasteiger partial charge in [-0.2, -0.15) is 0 Å². The van der Waals surface area contributed by atoms with Gasteiger partial charge in [0, 0.05) is 5.56 Å². The fraction of sp³-hybridized carbons (Fsp3) is 0.103. The summed E-state index contributed by atoms with van der Waals surface area (Å²) in [6.07, 6.45) is 4.03.